The molecule has 20 heavy (non-hydrogen) atoms. The third-order valence-electron chi connectivity index (χ3n) is 3.06. The summed E-state index contributed by atoms with van der Waals surface area (Å²) in [5.41, 5.74) is 7.10. The number of hydrogen-bond donors (Lipinski definition) is 1. The van der Waals surface area contributed by atoms with Gasteiger partial charge in [0.05, 0.1) is 13.7 Å². The average Bonchev–Trinajstić information content (AvgIpc) is 3.04. The number of methoxy groups -OCH3 is 1. The van der Waals surface area contributed by atoms with Crippen LogP contribution in [-0.4, -0.2) is 41.4 Å². The quantitative estimate of drug-likeness (QED) is 0.717. The van der Waals surface area contributed by atoms with Crippen LogP contribution in [0.5, 0.6) is 5.88 Å². The molecule has 3 aromatic rings. The molecule has 3 heterocycles. The third kappa shape index (κ3) is 1.83. The number of fused-ring (bicyclic) bond motifs is 1. The second-order valence-corrected chi connectivity index (χ2v) is 4.14. The number of hydrogen-bond acceptors (Lipinski definition) is 7. The lowest BCUT2D eigenvalue weighted by Gasteiger charge is -2.06. The zero-order valence-electron chi connectivity index (χ0n) is 11.2. The maximum Gasteiger partial charge on any atom is 0.245 e. The van der Waals surface area contributed by atoms with Gasteiger partial charge in [-0.25, -0.2) is 9.97 Å². The minimum absolute atomic E-state index is 0.337. The van der Waals surface area contributed by atoms with Crippen molar-refractivity contribution in [3.05, 3.63) is 18.5 Å². The van der Waals surface area contributed by atoms with Crippen LogP contribution in [0.4, 0.5) is 5.95 Å². The Morgan fingerprint density at radius 3 is 2.95 bits per heavy atom. The van der Waals surface area contributed by atoms with E-state index in [0.717, 1.165) is 12.4 Å². The Balaban J connectivity index is 2.10. The van der Waals surface area contributed by atoms with Crippen molar-refractivity contribution in [3.63, 3.8) is 0 Å². The van der Waals surface area contributed by atoms with Crippen LogP contribution < -0.4 is 10.5 Å². The average molecular weight is 274 g/mol. The van der Waals surface area contributed by atoms with Crippen LogP contribution in [-0.2, 0) is 13.1 Å². The lowest BCUT2D eigenvalue weighted by Crippen LogP contribution is -2.10. The predicted molar refractivity (Wildman–Crippen MR) is 71.1 cm³/mol. The van der Waals surface area contributed by atoms with E-state index in [-0.39, 0.29) is 0 Å². The molecule has 0 aliphatic heterocycles. The van der Waals surface area contributed by atoms with E-state index >= 15 is 0 Å². The molecule has 0 fully saturated rings. The van der Waals surface area contributed by atoms with Gasteiger partial charge in [0.2, 0.25) is 11.8 Å². The minimum Gasteiger partial charge on any atom is -0.479 e. The van der Waals surface area contributed by atoms with Crippen molar-refractivity contribution in [2.75, 3.05) is 12.8 Å². The highest BCUT2D eigenvalue weighted by atomic mass is 16.5. The Labute approximate surface area is 114 Å². The van der Waals surface area contributed by atoms with Gasteiger partial charge < -0.3 is 15.0 Å². The summed E-state index contributed by atoms with van der Waals surface area (Å²) >= 11 is 0. The summed E-state index contributed by atoms with van der Waals surface area (Å²) < 4.78 is 8.85. The first-order valence-electron chi connectivity index (χ1n) is 6.12. The van der Waals surface area contributed by atoms with Crippen LogP contribution in [0, 0.1) is 0 Å². The zero-order valence-corrected chi connectivity index (χ0v) is 11.2. The molecule has 104 valence electrons. The number of nitrogen functional groups attached to an aromatic ring is 1. The number of ether oxygens (including phenoxy) is 1. The first kappa shape index (κ1) is 12.3. The number of anilines is 1. The van der Waals surface area contributed by atoms with Crippen molar-refractivity contribution in [3.8, 4) is 5.88 Å². The van der Waals surface area contributed by atoms with Crippen molar-refractivity contribution in [1.82, 2.24) is 34.3 Å². The molecule has 0 spiro atoms. The highest BCUT2D eigenvalue weighted by Gasteiger charge is 2.16. The molecule has 0 saturated heterocycles. The highest BCUT2D eigenvalue weighted by molar-refractivity contribution is 5.78. The summed E-state index contributed by atoms with van der Waals surface area (Å²) in [5.74, 6) is 1.53. The van der Waals surface area contributed by atoms with E-state index in [4.69, 9.17) is 10.5 Å². The van der Waals surface area contributed by atoms with Crippen molar-refractivity contribution in [1.29, 1.82) is 0 Å². The molecule has 0 radical (unpaired) electrons. The molecule has 0 saturated carbocycles. The molecule has 0 amide bonds. The minimum atomic E-state index is 0.337. The molecule has 0 aromatic carbocycles. The second-order valence-electron chi connectivity index (χ2n) is 4.14. The maximum atomic E-state index is 5.96. The first-order valence-corrected chi connectivity index (χ1v) is 6.12. The van der Waals surface area contributed by atoms with Crippen LogP contribution in [0.15, 0.2) is 12.7 Å². The number of nitrogens with two attached hydrogens (primary N) is 1. The predicted octanol–water partition coefficient (Wildman–Crippen LogP) is 0.0768. The number of aryl methyl sites for hydroxylation is 1. The molecule has 9 nitrogen and oxygen atoms in total. The van der Waals surface area contributed by atoms with Gasteiger partial charge >= 0.3 is 0 Å². The molecule has 0 unspecified atom stereocenters. The van der Waals surface area contributed by atoms with Gasteiger partial charge in [0, 0.05) is 6.54 Å². The fourth-order valence-electron chi connectivity index (χ4n) is 2.04. The van der Waals surface area contributed by atoms with E-state index < -0.39 is 0 Å². The number of aromatic nitrogens is 7. The Morgan fingerprint density at radius 2 is 2.20 bits per heavy atom. The lowest BCUT2D eigenvalue weighted by molar-refractivity contribution is 0.401. The Morgan fingerprint density at radius 1 is 1.35 bits per heavy atom. The van der Waals surface area contributed by atoms with E-state index in [9.17, 15) is 0 Å². The molecule has 2 N–H and O–H groups in total. The maximum absolute atomic E-state index is 5.96. The molecular formula is C11H14N8O. The van der Waals surface area contributed by atoms with Crippen molar-refractivity contribution < 1.29 is 4.74 Å². The summed E-state index contributed by atoms with van der Waals surface area (Å²) in [7, 11) is 1.53. The Hall–Kier alpha value is -2.71. The van der Waals surface area contributed by atoms with Crippen LogP contribution in [0.25, 0.3) is 11.2 Å². The van der Waals surface area contributed by atoms with Crippen molar-refractivity contribution in [2.45, 2.75) is 20.0 Å². The Bertz CT molecular complexity index is 746. The molecular weight excluding hydrogens is 260 g/mol. The highest BCUT2D eigenvalue weighted by Crippen LogP contribution is 2.23. The van der Waals surface area contributed by atoms with Crippen LogP contribution in [0.2, 0.25) is 0 Å². The summed E-state index contributed by atoms with van der Waals surface area (Å²) in [5, 5.41) is 7.98. The topological polar surface area (TPSA) is 110 Å². The largest absolute Gasteiger partial charge is 0.479 e. The van der Waals surface area contributed by atoms with Gasteiger partial charge in [0.25, 0.3) is 0 Å². The second kappa shape index (κ2) is 4.76. The lowest BCUT2D eigenvalue weighted by atomic mass is 10.5. The van der Waals surface area contributed by atoms with Gasteiger partial charge in [-0.05, 0) is 6.92 Å². The fourth-order valence-corrected chi connectivity index (χ4v) is 2.04. The van der Waals surface area contributed by atoms with Crippen LogP contribution in [0.3, 0.4) is 0 Å². The van der Waals surface area contributed by atoms with Gasteiger partial charge in [-0.15, -0.1) is 10.2 Å². The summed E-state index contributed by atoms with van der Waals surface area (Å²) in [4.78, 5) is 12.5. The smallest absolute Gasteiger partial charge is 0.245 e. The van der Waals surface area contributed by atoms with E-state index in [2.05, 4.69) is 25.1 Å². The molecule has 3 rings (SSSR count). The Kier molecular flexibility index (Phi) is 2.93. The number of rotatable bonds is 4. The SMILES string of the molecule is CCn1cnnc1Cn1c(N)nc2c(OC)ncnc21. The van der Waals surface area contributed by atoms with Gasteiger partial charge in [-0.2, -0.15) is 4.98 Å². The molecule has 0 atom stereocenters. The van der Waals surface area contributed by atoms with E-state index in [1.807, 2.05) is 11.5 Å². The zero-order chi connectivity index (χ0) is 14.1. The van der Waals surface area contributed by atoms with Gasteiger partial charge in [-0.1, -0.05) is 0 Å². The number of imidazole rings is 1. The summed E-state index contributed by atoms with van der Waals surface area (Å²) in [6, 6.07) is 0. The molecule has 9 heteroatoms. The van der Waals surface area contributed by atoms with E-state index in [1.165, 1.54) is 13.4 Å². The molecule has 0 aliphatic rings. The normalized spacial score (nSPS) is 11.1. The van der Waals surface area contributed by atoms with E-state index in [0.29, 0.717) is 29.5 Å². The van der Waals surface area contributed by atoms with E-state index in [1.54, 1.807) is 10.9 Å². The van der Waals surface area contributed by atoms with Crippen molar-refractivity contribution in [2.24, 2.45) is 0 Å². The number of nitrogens with zero attached hydrogens (tertiary/aromatic N) is 7. The molecule has 0 aliphatic carbocycles. The van der Waals surface area contributed by atoms with Gasteiger partial charge in [0.15, 0.2) is 17.0 Å². The molecule has 0 bridgehead atoms. The fraction of sp³-hybridized carbons (Fsp3) is 0.364. The third-order valence-corrected chi connectivity index (χ3v) is 3.06. The summed E-state index contributed by atoms with van der Waals surface area (Å²) in [6.07, 6.45) is 3.10. The van der Waals surface area contributed by atoms with Gasteiger partial charge in [-0.3, -0.25) is 4.57 Å². The van der Waals surface area contributed by atoms with Crippen molar-refractivity contribution >= 4 is 17.1 Å². The van der Waals surface area contributed by atoms with Gasteiger partial charge in [0.1, 0.15) is 12.7 Å². The first-order chi connectivity index (χ1) is 9.74. The monoisotopic (exact) mass is 274 g/mol. The van der Waals surface area contributed by atoms with Crippen LogP contribution in [0.1, 0.15) is 12.7 Å². The van der Waals surface area contributed by atoms with Crippen LogP contribution >= 0.6 is 0 Å². The standard InChI is InChI=1S/C11H14N8O/c1-3-18-6-15-17-7(18)4-19-9-8(16-11(19)12)10(20-2)14-5-13-9/h5-6H,3-4H2,1-2H3,(H2,12,16). The molecule has 3 aromatic heterocycles. The summed E-state index contributed by atoms with van der Waals surface area (Å²) in [6.45, 7) is 3.25.